The van der Waals surface area contributed by atoms with Crippen LogP contribution in [0.2, 0.25) is 10.0 Å². The minimum absolute atomic E-state index is 0.0355. The Morgan fingerprint density at radius 3 is 2.38 bits per heavy atom. The van der Waals surface area contributed by atoms with E-state index in [1.54, 1.807) is 24.3 Å². The van der Waals surface area contributed by atoms with Crippen molar-refractivity contribution < 1.29 is 4.79 Å². The van der Waals surface area contributed by atoms with E-state index in [4.69, 9.17) is 23.2 Å². The van der Waals surface area contributed by atoms with Gasteiger partial charge in [-0.2, -0.15) is 0 Å². The molecule has 0 aliphatic heterocycles. The van der Waals surface area contributed by atoms with Gasteiger partial charge in [0.15, 0.2) is 0 Å². The molecule has 1 amide bonds. The lowest BCUT2D eigenvalue weighted by molar-refractivity contribution is -0.117. The van der Waals surface area contributed by atoms with Gasteiger partial charge in [-0.3, -0.25) is 4.79 Å². The zero-order valence-electron chi connectivity index (χ0n) is 12.1. The Morgan fingerprint density at radius 2 is 1.71 bits per heavy atom. The third kappa shape index (κ3) is 5.72. The second kappa shape index (κ2) is 8.45. The largest absolute Gasteiger partial charge is 0.350 e. The molecule has 1 aliphatic rings. The summed E-state index contributed by atoms with van der Waals surface area (Å²) in [5, 5.41) is 4.12. The highest BCUT2D eigenvalue weighted by atomic mass is 35.5. The molecule has 0 heterocycles. The third-order valence-corrected chi connectivity index (χ3v) is 4.56. The summed E-state index contributed by atoms with van der Waals surface area (Å²) in [6.45, 7) is 0. The Labute approximate surface area is 136 Å². The molecule has 2 rings (SSSR count). The van der Waals surface area contributed by atoms with Crippen molar-refractivity contribution in [1.29, 1.82) is 0 Å². The van der Waals surface area contributed by atoms with Gasteiger partial charge in [0, 0.05) is 12.1 Å². The average molecular weight is 326 g/mol. The summed E-state index contributed by atoms with van der Waals surface area (Å²) in [6, 6.07) is 5.64. The molecule has 21 heavy (non-hydrogen) atoms. The Morgan fingerprint density at radius 1 is 1.05 bits per heavy atom. The summed E-state index contributed by atoms with van der Waals surface area (Å²) < 4.78 is 0. The van der Waals surface area contributed by atoms with Crippen LogP contribution in [0.3, 0.4) is 0 Å². The molecule has 2 nitrogen and oxygen atoms in total. The predicted molar refractivity (Wildman–Crippen MR) is 89.7 cm³/mol. The highest BCUT2D eigenvalue weighted by Gasteiger charge is 2.12. The molecule has 1 aromatic carbocycles. The highest BCUT2D eigenvalue weighted by Crippen LogP contribution is 2.23. The number of nitrogens with one attached hydrogen (secondary N) is 1. The van der Waals surface area contributed by atoms with E-state index in [-0.39, 0.29) is 5.91 Å². The molecule has 0 unspecified atom stereocenters. The van der Waals surface area contributed by atoms with E-state index >= 15 is 0 Å². The first-order valence-electron chi connectivity index (χ1n) is 7.59. The van der Waals surface area contributed by atoms with Crippen molar-refractivity contribution in [2.45, 2.75) is 51.0 Å². The molecule has 1 aliphatic carbocycles. The monoisotopic (exact) mass is 325 g/mol. The van der Waals surface area contributed by atoms with Crippen molar-refractivity contribution in [2.75, 3.05) is 0 Å². The Balaban J connectivity index is 1.87. The third-order valence-electron chi connectivity index (χ3n) is 3.82. The summed E-state index contributed by atoms with van der Waals surface area (Å²) in [7, 11) is 0. The van der Waals surface area contributed by atoms with Crippen LogP contribution in [-0.2, 0) is 4.79 Å². The second-order valence-electron chi connectivity index (χ2n) is 5.56. The molecule has 0 aromatic heterocycles. The lowest BCUT2D eigenvalue weighted by atomic mass is 9.97. The molecule has 0 atom stereocenters. The van der Waals surface area contributed by atoms with E-state index in [0.717, 1.165) is 18.4 Å². The maximum absolute atomic E-state index is 12.0. The number of hydrogen-bond acceptors (Lipinski definition) is 1. The molecule has 1 saturated carbocycles. The maximum Gasteiger partial charge on any atom is 0.244 e. The van der Waals surface area contributed by atoms with E-state index in [2.05, 4.69) is 5.32 Å². The van der Waals surface area contributed by atoms with Crippen LogP contribution in [0.5, 0.6) is 0 Å². The van der Waals surface area contributed by atoms with Crippen molar-refractivity contribution in [1.82, 2.24) is 5.32 Å². The highest BCUT2D eigenvalue weighted by molar-refractivity contribution is 6.42. The van der Waals surface area contributed by atoms with Crippen LogP contribution in [0.4, 0.5) is 0 Å². The lowest BCUT2D eigenvalue weighted by Gasteiger charge is -2.20. The van der Waals surface area contributed by atoms with Gasteiger partial charge in [0.05, 0.1) is 10.0 Å². The number of halogens is 2. The predicted octanol–water partition coefficient (Wildman–Crippen LogP) is 5.24. The molecule has 1 fully saturated rings. The number of hydrogen-bond donors (Lipinski definition) is 1. The van der Waals surface area contributed by atoms with Crippen molar-refractivity contribution in [2.24, 2.45) is 0 Å². The smallest absolute Gasteiger partial charge is 0.244 e. The van der Waals surface area contributed by atoms with Crippen LogP contribution in [0.1, 0.15) is 50.5 Å². The van der Waals surface area contributed by atoms with Gasteiger partial charge in [0.2, 0.25) is 5.91 Å². The van der Waals surface area contributed by atoms with Gasteiger partial charge in [-0.15, -0.1) is 0 Å². The first-order chi connectivity index (χ1) is 10.1. The van der Waals surface area contributed by atoms with Crippen molar-refractivity contribution in [3.8, 4) is 0 Å². The summed E-state index contributed by atoms with van der Waals surface area (Å²) in [6.07, 6.45) is 11.8. The Hall–Kier alpha value is -0.990. The van der Waals surface area contributed by atoms with Gasteiger partial charge in [-0.05, 0) is 36.6 Å². The summed E-state index contributed by atoms with van der Waals surface area (Å²) in [5.41, 5.74) is 0.872. The fourth-order valence-corrected chi connectivity index (χ4v) is 2.94. The van der Waals surface area contributed by atoms with Gasteiger partial charge in [0.25, 0.3) is 0 Å². The van der Waals surface area contributed by atoms with Crippen LogP contribution in [-0.4, -0.2) is 11.9 Å². The molecule has 0 spiro atoms. The Kier molecular flexibility index (Phi) is 6.59. The fraction of sp³-hybridized carbons (Fsp3) is 0.471. The molecular weight excluding hydrogens is 305 g/mol. The molecule has 0 radical (unpaired) electrons. The molecule has 1 aromatic rings. The summed E-state index contributed by atoms with van der Waals surface area (Å²) in [4.78, 5) is 12.0. The van der Waals surface area contributed by atoms with Crippen molar-refractivity contribution in [3.05, 3.63) is 39.9 Å². The SMILES string of the molecule is O=C(C=Cc1ccc(Cl)c(Cl)c1)NC1CCCCCCC1. The van der Waals surface area contributed by atoms with Crippen LogP contribution in [0, 0.1) is 0 Å². The first-order valence-corrected chi connectivity index (χ1v) is 8.34. The summed E-state index contributed by atoms with van der Waals surface area (Å²) in [5.74, 6) is -0.0355. The molecule has 4 heteroatoms. The molecular formula is C17H21Cl2NO. The van der Waals surface area contributed by atoms with Crippen LogP contribution < -0.4 is 5.32 Å². The van der Waals surface area contributed by atoms with Crippen molar-refractivity contribution in [3.63, 3.8) is 0 Å². The topological polar surface area (TPSA) is 29.1 Å². The quantitative estimate of drug-likeness (QED) is 0.757. The standard InChI is InChI=1S/C17H21Cl2NO/c18-15-10-8-13(12-16(15)19)9-11-17(21)20-14-6-4-2-1-3-5-7-14/h8-12,14H,1-7H2,(H,20,21). The number of benzene rings is 1. The molecule has 114 valence electrons. The molecule has 0 saturated heterocycles. The van der Waals surface area contributed by atoms with E-state index < -0.39 is 0 Å². The number of carbonyl (C=O) groups excluding carboxylic acids is 1. The first kappa shape index (κ1) is 16.4. The molecule has 1 N–H and O–H groups in total. The minimum Gasteiger partial charge on any atom is -0.350 e. The zero-order chi connectivity index (χ0) is 15.1. The van der Waals surface area contributed by atoms with E-state index in [0.29, 0.717) is 16.1 Å². The maximum atomic E-state index is 12.0. The van der Waals surface area contributed by atoms with E-state index in [1.165, 1.54) is 32.1 Å². The number of carbonyl (C=O) groups is 1. The van der Waals surface area contributed by atoms with Gasteiger partial charge >= 0.3 is 0 Å². The van der Waals surface area contributed by atoms with Gasteiger partial charge in [-0.1, -0.05) is 61.4 Å². The van der Waals surface area contributed by atoms with E-state index in [9.17, 15) is 4.79 Å². The van der Waals surface area contributed by atoms with E-state index in [1.807, 2.05) is 6.07 Å². The van der Waals surface area contributed by atoms with Gasteiger partial charge < -0.3 is 5.32 Å². The van der Waals surface area contributed by atoms with Gasteiger partial charge in [0.1, 0.15) is 0 Å². The Bertz CT molecular complexity index is 506. The zero-order valence-corrected chi connectivity index (χ0v) is 13.6. The van der Waals surface area contributed by atoms with Crippen LogP contribution >= 0.6 is 23.2 Å². The minimum atomic E-state index is -0.0355. The molecule has 0 bridgehead atoms. The number of amides is 1. The number of rotatable bonds is 3. The van der Waals surface area contributed by atoms with Gasteiger partial charge in [-0.25, -0.2) is 0 Å². The van der Waals surface area contributed by atoms with Crippen molar-refractivity contribution >= 4 is 35.2 Å². The van der Waals surface area contributed by atoms with Crippen LogP contribution in [0.25, 0.3) is 6.08 Å². The average Bonchev–Trinajstić information content (AvgIpc) is 2.43. The normalized spacial score (nSPS) is 17.4. The second-order valence-corrected chi connectivity index (χ2v) is 6.37. The fourth-order valence-electron chi connectivity index (χ4n) is 2.64. The summed E-state index contributed by atoms with van der Waals surface area (Å²) >= 11 is 11.8. The van der Waals surface area contributed by atoms with Crippen LogP contribution in [0.15, 0.2) is 24.3 Å². The lowest BCUT2D eigenvalue weighted by Crippen LogP contribution is -2.34.